The third-order valence-corrected chi connectivity index (χ3v) is 4.84. The van der Waals surface area contributed by atoms with Crippen molar-refractivity contribution in [1.29, 1.82) is 0 Å². The molecule has 1 aromatic heterocycles. The molecular formula is C15H12N2O3S2. The van der Waals surface area contributed by atoms with E-state index in [1.165, 1.54) is 23.0 Å². The minimum Gasteiger partial charge on any atom is -0.493 e. The van der Waals surface area contributed by atoms with Gasteiger partial charge >= 0.3 is 5.97 Å². The number of aromatic hydroxyl groups is 1. The first kappa shape index (κ1) is 14.7. The van der Waals surface area contributed by atoms with E-state index in [1.807, 2.05) is 24.3 Å². The zero-order chi connectivity index (χ0) is 15.9. The first-order valence-corrected chi connectivity index (χ1v) is 7.62. The van der Waals surface area contributed by atoms with E-state index < -0.39 is 5.97 Å². The van der Waals surface area contributed by atoms with Gasteiger partial charge in [0.15, 0.2) is 9.67 Å². The van der Waals surface area contributed by atoms with Crippen LogP contribution in [-0.4, -0.2) is 28.5 Å². The Balaban J connectivity index is 2.20. The van der Waals surface area contributed by atoms with E-state index in [2.05, 4.69) is 4.99 Å². The smallest absolute Gasteiger partial charge is 0.357 e. The number of benzene rings is 1. The van der Waals surface area contributed by atoms with E-state index in [-0.39, 0.29) is 11.6 Å². The topological polar surface area (TPSA) is 63.8 Å². The number of carbonyl (C=O) groups is 1. The fraction of sp³-hybridized carbons (Fsp3) is 0.133. The molecule has 2 aromatic rings. The molecule has 112 valence electrons. The normalized spacial score (nSPS) is 14.8. The van der Waals surface area contributed by atoms with Crippen LogP contribution in [0, 0.1) is 3.95 Å². The molecule has 7 heteroatoms. The Morgan fingerprint density at radius 2 is 2.18 bits per heavy atom. The molecule has 0 aliphatic carbocycles. The van der Waals surface area contributed by atoms with Crippen molar-refractivity contribution in [3.05, 3.63) is 38.7 Å². The molecule has 0 saturated carbocycles. The van der Waals surface area contributed by atoms with Crippen molar-refractivity contribution in [3.8, 4) is 5.88 Å². The number of methoxy groups -OCH3 is 1. The number of hydrogen-bond donors (Lipinski definition) is 1. The van der Waals surface area contributed by atoms with Crippen molar-refractivity contribution < 1.29 is 14.6 Å². The number of aromatic nitrogens is 1. The number of hydrogen-bond acceptors (Lipinski definition) is 6. The van der Waals surface area contributed by atoms with Crippen LogP contribution in [0.2, 0.25) is 0 Å². The quantitative estimate of drug-likeness (QED) is 0.677. The first-order valence-electron chi connectivity index (χ1n) is 6.40. The molecule has 0 spiro atoms. The molecule has 0 atom stereocenters. The number of esters is 1. The van der Waals surface area contributed by atoms with E-state index in [1.54, 1.807) is 13.1 Å². The van der Waals surface area contributed by atoms with Gasteiger partial charge in [-0.1, -0.05) is 18.2 Å². The average Bonchev–Trinajstić information content (AvgIpc) is 3.01. The molecule has 1 aromatic carbocycles. The van der Waals surface area contributed by atoms with Crippen LogP contribution in [0.3, 0.4) is 0 Å². The van der Waals surface area contributed by atoms with Gasteiger partial charge in [0.2, 0.25) is 5.88 Å². The number of rotatable bonds is 2. The van der Waals surface area contributed by atoms with Gasteiger partial charge in [-0.3, -0.25) is 4.57 Å². The number of ether oxygens (including phenoxy) is 1. The molecule has 1 aliphatic rings. The Kier molecular flexibility index (Phi) is 3.67. The molecule has 5 nitrogen and oxygen atoms in total. The zero-order valence-corrected chi connectivity index (χ0v) is 13.5. The lowest BCUT2D eigenvalue weighted by atomic mass is 10.0. The Hall–Kier alpha value is -2.25. The van der Waals surface area contributed by atoms with Crippen LogP contribution in [0.15, 0.2) is 29.3 Å². The summed E-state index contributed by atoms with van der Waals surface area (Å²) in [4.78, 5) is 16.9. The summed E-state index contributed by atoms with van der Waals surface area (Å²) >= 11 is 6.42. The molecule has 0 unspecified atom stereocenters. The second kappa shape index (κ2) is 5.51. The summed E-state index contributed by atoms with van der Waals surface area (Å²) in [7, 11) is 3.00. The van der Waals surface area contributed by atoms with E-state index in [0.29, 0.717) is 20.1 Å². The van der Waals surface area contributed by atoms with Crippen LogP contribution in [0.4, 0.5) is 5.69 Å². The number of fused-ring (bicyclic) bond motifs is 1. The van der Waals surface area contributed by atoms with Crippen LogP contribution in [0.25, 0.3) is 11.6 Å². The predicted molar refractivity (Wildman–Crippen MR) is 89.2 cm³/mol. The molecule has 1 N–H and O–H groups in total. The van der Waals surface area contributed by atoms with Crippen LogP contribution in [-0.2, 0) is 16.6 Å². The fourth-order valence-electron chi connectivity index (χ4n) is 2.19. The Morgan fingerprint density at radius 1 is 1.45 bits per heavy atom. The summed E-state index contributed by atoms with van der Waals surface area (Å²) < 4.78 is 6.86. The number of nitrogens with zero attached hydrogens (tertiary/aromatic N) is 2. The monoisotopic (exact) mass is 332 g/mol. The number of aliphatic imine (C=N–C) groups is 1. The molecule has 22 heavy (non-hydrogen) atoms. The Bertz CT molecular complexity index is 890. The lowest BCUT2D eigenvalue weighted by Crippen LogP contribution is -2.14. The van der Waals surface area contributed by atoms with Crippen LogP contribution in [0.5, 0.6) is 5.88 Å². The van der Waals surface area contributed by atoms with Crippen LogP contribution in [0.1, 0.15) is 10.4 Å². The maximum atomic E-state index is 12.0. The second-order valence-electron chi connectivity index (χ2n) is 4.64. The van der Waals surface area contributed by atoms with Crippen molar-refractivity contribution in [2.75, 3.05) is 7.11 Å². The highest BCUT2D eigenvalue weighted by Gasteiger charge is 2.27. The second-order valence-corrected chi connectivity index (χ2v) is 6.32. The highest BCUT2D eigenvalue weighted by atomic mass is 32.1. The Morgan fingerprint density at radius 3 is 2.82 bits per heavy atom. The summed E-state index contributed by atoms with van der Waals surface area (Å²) in [5.41, 5.74) is 2.37. The fourth-order valence-corrected chi connectivity index (χ4v) is 3.36. The first-order chi connectivity index (χ1) is 10.5. The van der Waals surface area contributed by atoms with Gasteiger partial charge in [0, 0.05) is 18.2 Å². The minimum absolute atomic E-state index is 0.0658. The van der Waals surface area contributed by atoms with Gasteiger partial charge in [0.1, 0.15) is 0 Å². The van der Waals surface area contributed by atoms with Gasteiger partial charge in [-0.25, -0.2) is 9.79 Å². The third-order valence-electron chi connectivity index (χ3n) is 3.34. The summed E-state index contributed by atoms with van der Waals surface area (Å²) in [5.74, 6) is -0.447. The molecule has 1 aliphatic heterocycles. The maximum absolute atomic E-state index is 12.0. The molecule has 0 saturated heterocycles. The van der Waals surface area contributed by atoms with Crippen molar-refractivity contribution in [1.82, 2.24) is 4.57 Å². The highest BCUT2D eigenvalue weighted by Crippen LogP contribution is 2.38. The van der Waals surface area contributed by atoms with Crippen LogP contribution >= 0.6 is 23.6 Å². The van der Waals surface area contributed by atoms with Crippen molar-refractivity contribution in [2.45, 2.75) is 0 Å². The molecule has 0 fully saturated rings. The SMILES string of the molecule is COC(=O)C1=Nc2ccccc2C1=Cc1sc(=S)n(C)c1O. The summed E-state index contributed by atoms with van der Waals surface area (Å²) in [6, 6.07) is 7.42. The third kappa shape index (κ3) is 2.28. The zero-order valence-electron chi connectivity index (χ0n) is 11.9. The number of para-hydroxylation sites is 1. The summed E-state index contributed by atoms with van der Waals surface area (Å²) in [5, 5.41) is 10.1. The summed E-state index contributed by atoms with van der Waals surface area (Å²) in [6.45, 7) is 0. The average molecular weight is 332 g/mol. The molecule has 2 heterocycles. The van der Waals surface area contributed by atoms with Gasteiger partial charge in [0.05, 0.1) is 17.7 Å². The standard InChI is InChI=1S/C15H12N2O3S2/c1-17-13(18)11(22-15(17)21)7-9-8-5-3-4-6-10(8)16-12(9)14(19)20-2/h3-7,18H,1-2H3. The van der Waals surface area contributed by atoms with Crippen molar-refractivity contribution >= 4 is 52.6 Å². The van der Waals surface area contributed by atoms with Gasteiger partial charge in [-0.05, 0) is 24.4 Å². The van der Waals surface area contributed by atoms with Gasteiger partial charge in [-0.15, -0.1) is 11.3 Å². The minimum atomic E-state index is -0.513. The van der Waals surface area contributed by atoms with E-state index in [0.717, 1.165) is 5.56 Å². The molecular weight excluding hydrogens is 320 g/mol. The van der Waals surface area contributed by atoms with Gasteiger partial charge < -0.3 is 9.84 Å². The lowest BCUT2D eigenvalue weighted by Gasteiger charge is -2.03. The molecule has 0 bridgehead atoms. The largest absolute Gasteiger partial charge is 0.493 e. The number of thiazole rings is 1. The number of carbonyl (C=O) groups excluding carboxylic acids is 1. The van der Waals surface area contributed by atoms with E-state index in [9.17, 15) is 9.90 Å². The maximum Gasteiger partial charge on any atom is 0.357 e. The predicted octanol–water partition coefficient (Wildman–Crippen LogP) is 3.32. The van der Waals surface area contributed by atoms with Gasteiger partial charge in [0.25, 0.3) is 0 Å². The highest BCUT2D eigenvalue weighted by molar-refractivity contribution is 7.73. The van der Waals surface area contributed by atoms with E-state index >= 15 is 0 Å². The molecule has 0 amide bonds. The van der Waals surface area contributed by atoms with Gasteiger partial charge in [-0.2, -0.15) is 0 Å². The van der Waals surface area contributed by atoms with Crippen LogP contribution < -0.4 is 0 Å². The Labute approximate surface area is 135 Å². The molecule has 0 radical (unpaired) electrons. The lowest BCUT2D eigenvalue weighted by molar-refractivity contribution is -0.132. The van der Waals surface area contributed by atoms with Crippen molar-refractivity contribution in [3.63, 3.8) is 0 Å². The van der Waals surface area contributed by atoms with Crippen molar-refractivity contribution in [2.24, 2.45) is 12.0 Å². The molecule has 3 rings (SSSR count). The van der Waals surface area contributed by atoms with E-state index in [4.69, 9.17) is 17.0 Å². The summed E-state index contributed by atoms with van der Waals surface area (Å²) in [6.07, 6.45) is 1.72.